The van der Waals surface area contributed by atoms with Gasteiger partial charge in [0.15, 0.2) is 5.69 Å². The molecule has 2 aromatic heterocycles. The van der Waals surface area contributed by atoms with Gasteiger partial charge in [-0.1, -0.05) is 6.07 Å². The Hall–Kier alpha value is -2.90. The maximum Gasteiger partial charge on any atom is 0.434 e. The molecule has 0 aliphatic carbocycles. The molecule has 118 valence electrons. The van der Waals surface area contributed by atoms with Gasteiger partial charge in [-0.15, -0.1) is 0 Å². The summed E-state index contributed by atoms with van der Waals surface area (Å²) in [7, 11) is 0. The molecule has 5 nitrogen and oxygen atoms in total. The molecule has 0 spiro atoms. The molecule has 0 radical (unpaired) electrons. The highest BCUT2D eigenvalue weighted by atomic mass is 19.4. The first kappa shape index (κ1) is 15.0. The zero-order chi connectivity index (χ0) is 16.8. The first-order valence-corrected chi connectivity index (χ1v) is 6.54. The van der Waals surface area contributed by atoms with Gasteiger partial charge >= 0.3 is 12.1 Å². The Balaban J connectivity index is 2.37. The molecule has 0 saturated heterocycles. The lowest BCUT2D eigenvalue weighted by Crippen LogP contribution is -2.17. The molecule has 0 bridgehead atoms. The summed E-state index contributed by atoms with van der Waals surface area (Å²) in [5, 5.41) is 13.1. The first-order valence-electron chi connectivity index (χ1n) is 6.54. The average molecular weight is 321 g/mol. The zero-order valence-electron chi connectivity index (χ0n) is 11.8. The first-order chi connectivity index (χ1) is 10.8. The highest BCUT2D eigenvalue weighted by Gasteiger charge is 2.40. The predicted molar refractivity (Wildman–Crippen MR) is 75.6 cm³/mol. The minimum Gasteiger partial charge on any atom is -0.478 e. The van der Waals surface area contributed by atoms with Crippen LogP contribution in [-0.2, 0) is 6.18 Å². The fourth-order valence-corrected chi connectivity index (χ4v) is 2.44. The summed E-state index contributed by atoms with van der Waals surface area (Å²) in [6, 6.07) is 6.30. The number of carboxylic acids is 1. The number of carboxylic acid groups (broad SMARTS) is 1. The number of aryl methyl sites for hydroxylation is 1. The number of hydrogen-bond donors (Lipinski definition) is 1. The van der Waals surface area contributed by atoms with E-state index in [0.29, 0.717) is 21.8 Å². The summed E-state index contributed by atoms with van der Waals surface area (Å²) in [5.74, 6) is -1.68. The van der Waals surface area contributed by atoms with Crippen LogP contribution < -0.4 is 0 Å². The van der Waals surface area contributed by atoms with E-state index in [2.05, 4.69) is 10.1 Å². The number of alkyl halides is 3. The van der Waals surface area contributed by atoms with E-state index in [1.54, 1.807) is 25.1 Å². The van der Waals surface area contributed by atoms with Crippen molar-refractivity contribution in [1.82, 2.24) is 14.8 Å². The Morgan fingerprint density at radius 3 is 2.65 bits per heavy atom. The van der Waals surface area contributed by atoms with Crippen molar-refractivity contribution in [1.29, 1.82) is 0 Å². The van der Waals surface area contributed by atoms with Crippen molar-refractivity contribution in [2.75, 3.05) is 0 Å². The van der Waals surface area contributed by atoms with Crippen molar-refractivity contribution in [2.45, 2.75) is 13.1 Å². The van der Waals surface area contributed by atoms with Crippen LogP contribution in [0, 0.1) is 6.92 Å². The topological polar surface area (TPSA) is 68.0 Å². The van der Waals surface area contributed by atoms with Crippen LogP contribution in [0.2, 0.25) is 0 Å². The number of benzene rings is 1. The van der Waals surface area contributed by atoms with Gasteiger partial charge in [0.05, 0.1) is 17.4 Å². The van der Waals surface area contributed by atoms with E-state index in [4.69, 9.17) is 5.11 Å². The van der Waals surface area contributed by atoms with Crippen molar-refractivity contribution in [3.8, 4) is 5.69 Å². The van der Waals surface area contributed by atoms with Crippen LogP contribution in [0.4, 0.5) is 13.2 Å². The number of nitrogens with zero attached hydrogens (tertiary/aromatic N) is 3. The summed E-state index contributed by atoms with van der Waals surface area (Å²) in [4.78, 5) is 15.2. The van der Waals surface area contributed by atoms with Gasteiger partial charge in [-0.3, -0.25) is 4.98 Å². The van der Waals surface area contributed by atoms with E-state index in [-0.39, 0.29) is 5.69 Å². The molecule has 3 rings (SSSR count). The standard InChI is InChI=1S/C15H10F3N3O2/c1-8-4-5-11(9-3-2-6-19-12(8)9)21-13(15(16,17)18)10(7-20-21)14(22)23/h2-7H,1H3,(H,22,23). The van der Waals surface area contributed by atoms with Crippen molar-refractivity contribution in [3.63, 3.8) is 0 Å². The van der Waals surface area contributed by atoms with E-state index < -0.39 is 23.4 Å². The molecule has 0 atom stereocenters. The quantitative estimate of drug-likeness (QED) is 0.785. The van der Waals surface area contributed by atoms with E-state index in [1.807, 2.05) is 0 Å². The van der Waals surface area contributed by atoms with Crippen molar-refractivity contribution >= 4 is 16.9 Å². The van der Waals surface area contributed by atoms with Gasteiger partial charge in [0.25, 0.3) is 0 Å². The number of aromatic nitrogens is 3. The van der Waals surface area contributed by atoms with Crippen molar-refractivity contribution in [2.24, 2.45) is 0 Å². The molecule has 3 aromatic rings. The van der Waals surface area contributed by atoms with Crippen molar-refractivity contribution in [3.05, 3.63) is 53.5 Å². The van der Waals surface area contributed by atoms with Gasteiger partial charge in [-0.2, -0.15) is 18.3 Å². The number of halogens is 3. The molecule has 0 aliphatic rings. The van der Waals surface area contributed by atoms with Crippen LogP contribution in [0.3, 0.4) is 0 Å². The Bertz CT molecular complexity index is 916. The van der Waals surface area contributed by atoms with Crippen LogP contribution >= 0.6 is 0 Å². The third kappa shape index (κ3) is 2.41. The van der Waals surface area contributed by atoms with Gasteiger partial charge in [-0.05, 0) is 30.7 Å². The summed E-state index contributed by atoms with van der Waals surface area (Å²) in [5.41, 5.74) is -0.762. The minimum atomic E-state index is -4.86. The predicted octanol–water partition coefficient (Wildman–Crippen LogP) is 3.45. The molecule has 0 unspecified atom stereocenters. The average Bonchev–Trinajstić information content (AvgIpc) is 2.93. The lowest BCUT2D eigenvalue weighted by atomic mass is 10.1. The highest BCUT2D eigenvalue weighted by Crippen LogP contribution is 2.35. The van der Waals surface area contributed by atoms with E-state index in [9.17, 15) is 18.0 Å². The zero-order valence-corrected chi connectivity index (χ0v) is 11.8. The molecule has 1 aromatic carbocycles. The number of hydrogen-bond acceptors (Lipinski definition) is 3. The number of pyridine rings is 1. The largest absolute Gasteiger partial charge is 0.478 e. The van der Waals surface area contributed by atoms with Crippen molar-refractivity contribution < 1.29 is 23.1 Å². The molecule has 0 aliphatic heterocycles. The number of aromatic carboxylic acids is 1. The van der Waals surface area contributed by atoms with E-state index >= 15 is 0 Å². The van der Waals surface area contributed by atoms with Gasteiger partial charge < -0.3 is 5.11 Å². The lowest BCUT2D eigenvalue weighted by Gasteiger charge is -2.14. The third-order valence-electron chi connectivity index (χ3n) is 3.44. The monoisotopic (exact) mass is 321 g/mol. The summed E-state index contributed by atoms with van der Waals surface area (Å²) < 4.78 is 40.6. The second-order valence-corrected chi connectivity index (χ2v) is 4.92. The molecule has 2 heterocycles. The van der Waals surface area contributed by atoms with E-state index in [1.165, 1.54) is 12.3 Å². The number of carbonyl (C=O) groups is 1. The molecule has 1 N–H and O–H groups in total. The summed E-state index contributed by atoms with van der Waals surface area (Å²) >= 11 is 0. The SMILES string of the molecule is Cc1ccc(-n2ncc(C(=O)O)c2C(F)(F)F)c2cccnc12. The second-order valence-electron chi connectivity index (χ2n) is 4.92. The van der Waals surface area contributed by atoms with Crippen LogP contribution in [-0.4, -0.2) is 25.8 Å². The third-order valence-corrected chi connectivity index (χ3v) is 3.44. The molecular weight excluding hydrogens is 311 g/mol. The lowest BCUT2D eigenvalue weighted by molar-refractivity contribution is -0.143. The summed E-state index contributed by atoms with van der Waals surface area (Å²) in [6.45, 7) is 1.79. The Labute approximate surface area is 128 Å². The Kier molecular flexibility index (Phi) is 3.32. The van der Waals surface area contributed by atoms with Gasteiger partial charge in [0.2, 0.25) is 0 Å². The smallest absolute Gasteiger partial charge is 0.434 e. The molecular formula is C15H10F3N3O2. The van der Waals surface area contributed by atoms with Gasteiger partial charge in [-0.25, -0.2) is 9.48 Å². The van der Waals surface area contributed by atoms with Crippen LogP contribution in [0.5, 0.6) is 0 Å². The summed E-state index contributed by atoms with van der Waals surface area (Å²) in [6.07, 6.45) is -2.62. The molecule has 8 heteroatoms. The molecule has 0 fully saturated rings. The Morgan fingerprint density at radius 2 is 2.00 bits per heavy atom. The number of rotatable bonds is 2. The Morgan fingerprint density at radius 1 is 1.26 bits per heavy atom. The number of fused-ring (bicyclic) bond motifs is 1. The fourth-order valence-electron chi connectivity index (χ4n) is 2.44. The van der Waals surface area contributed by atoms with Gasteiger partial charge in [0.1, 0.15) is 5.56 Å². The fraction of sp³-hybridized carbons (Fsp3) is 0.133. The van der Waals surface area contributed by atoms with Crippen LogP contribution in [0.15, 0.2) is 36.7 Å². The maximum absolute atomic E-state index is 13.3. The second kappa shape index (κ2) is 5.08. The maximum atomic E-state index is 13.3. The molecule has 0 amide bonds. The normalized spacial score (nSPS) is 11.8. The molecule has 23 heavy (non-hydrogen) atoms. The van der Waals surface area contributed by atoms with Crippen LogP contribution in [0.1, 0.15) is 21.6 Å². The minimum absolute atomic E-state index is 0.124. The van der Waals surface area contributed by atoms with E-state index in [0.717, 1.165) is 5.56 Å². The van der Waals surface area contributed by atoms with Crippen LogP contribution in [0.25, 0.3) is 16.6 Å². The van der Waals surface area contributed by atoms with Gasteiger partial charge in [0, 0.05) is 11.6 Å². The highest BCUT2D eigenvalue weighted by molar-refractivity contribution is 5.91. The molecule has 0 saturated carbocycles.